The normalized spacial score (nSPS) is 35.6. The fourth-order valence-electron chi connectivity index (χ4n) is 2.19. The summed E-state index contributed by atoms with van der Waals surface area (Å²) in [7, 11) is 1.66. The van der Waals surface area contributed by atoms with E-state index in [4.69, 9.17) is 4.74 Å². The van der Waals surface area contributed by atoms with Gasteiger partial charge in [0, 0.05) is 7.11 Å². The molecule has 1 saturated carbocycles. The van der Waals surface area contributed by atoms with E-state index >= 15 is 0 Å². The van der Waals surface area contributed by atoms with Gasteiger partial charge in [0.05, 0.1) is 18.3 Å². The second-order valence-corrected chi connectivity index (χ2v) is 4.45. The molecule has 84 valence electrons. The van der Waals surface area contributed by atoms with Crippen LogP contribution in [0, 0.1) is 5.92 Å². The molecule has 3 nitrogen and oxygen atoms in total. The molecule has 1 aliphatic rings. The molecular formula is C11H22O3. The Hall–Kier alpha value is -0.120. The molecule has 1 fully saturated rings. The van der Waals surface area contributed by atoms with Crippen molar-refractivity contribution in [3.8, 4) is 0 Å². The maximum absolute atomic E-state index is 9.59. The number of hydrogen-bond donors (Lipinski definition) is 2. The van der Waals surface area contributed by atoms with Gasteiger partial charge >= 0.3 is 0 Å². The fourth-order valence-corrected chi connectivity index (χ4v) is 2.19. The molecule has 0 bridgehead atoms. The topological polar surface area (TPSA) is 49.7 Å². The van der Waals surface area contributed by atoms with E-state index < -0.39 is 0 Å². The third-order valence-electron chi connectivity index (χ3n) is 3.16. The molecule has 3 heteroatoms. The van der Waals surface area contributed by atoms with Crippen molar-refractivity contribution in [2.45, 2.75) is 57.3 Å². The minimum atomic E-state index is -0.289. The minimum absolute atomic E-state index is 0.00255. The summed E-state index contributed by atoms with van der Waals surface area (Å²) in [6.45, 7) is 1.82. The van der Waals surface area contributed by atoms with Crippen LogP contribution in [0.2, 0.25) is 0 Å². The lowest BCUT2D eigenvalue weighted by atomic mass is 9.82. The second-order valence-electron chi connectivity index (χ2n) is 4.45. The first-order valence-electron chi connectivity index (χ1n) is 5.52. The highest BCUT2D eigenvalue weighted by Gasteiger charge is 2.28. The predicted octanol–water partition coefficient (Wildman–Crippen LogP) is 1.32. The monoisotopic (exact) mass is 202 g/mol. The highest BCUT2D eigenvalue weighted by molar-refractivity contribution is 4.80. The standard InChI is InChI=1S/C11H22O3/c1-8(12)3-4-9-5-6-10(13)11(7-9)14-2/h8-13H,3-7H2,1-2H3. The van der Waals surface area contributed by atoms with Crippen LogP contribution in [0.3, 0.4) is 0 Å². The van der Waals surface area contributed by atoms with Gasteiger partial charge in [-0.3, -0.25) is 0 Å². The van der Waals surface area contributed by atoms with E-state index in [1.165, 1.54) is 0 Å². The van der Waals surface area contributed by atoms with Crippen LogP contribution in [-0.2, 0) is 4.74 Å². The lowest BCUT2D eigenvalue weighted by Crippen LogP contribution is -2.35. The van der Waals surface area contributed by atoms with E-state index in [-0.39, 0.29) is 18.3 Å². The highest BCUT2D eigenvalue weighted by atomic mass is 16.5. The van der Waals surface area contributed by atoms with Crippen LogP contribution < -0.4 is 0 Å². The molecule has 0 aromatic carbocycles. The fraction of sp³-hybridized carbons (Fsp3) is 1.00. The van der Waals surface area contributed by atoms with Gasteiger partial charge in [-0.05, 0) is 44.9 Å². The van der Waals surface area contributed by atoms with Crippen molar-refractivity contribution >= 4 is 0 Å². The van der Waals surface area contributed by atoms with Crippen molar-refractivity contribution in [1.29, 1.82) is 0 Å². The molecule has 0 aromatic rings. The average molecular weight is 202 g/mol. The molecule has 0 amide bonds. The van der Waals surface area contributed by atoms with Crippen LogP contribution in [0.5, 0.6) is 0 Å². The molecule has 4 unspecified atom stereocenters. The SMILES string of the molecule is COC1CC(CCC(C)O)CCC1O. The summed E-state index contributed by atoms with van der Waals surface area (Å²) in [5.74, 6) is 0.609. The summed E-state index contributed by atoms with van der Waals surface area (Å²) in [5, 5.41) is 18.8. The molecule has 0 heterocycles. The summed E-state index contributed by atoms with van der Waals surface area (Å²) in [5.41, 5.74) is 0. The third kappa shape index (κ3) is 3.56. The predicted molar refractivity (Wildman–Crippen MR) is 55.1 cm³/mol. The Balaban J connectivity index is 2.27. The summed E-state index contributed by atoms with van der Waals surface area (Å²) in [6, 6.07) is 0. The Morgan fingerprint density at radius 1 is 1.43 bits per heavy atom. The van der Waals surface area contributed by atoms with E-state index in [1.54, 1.807) is 7.11 Å². The van der Waals surface area contributed by atoms with Gasteiger partial charge in [-0.2, -0.15) is 0 Å². The first-order valence-corrected chi connectivity index (χ1v) is 5.52. The molecule has 0 radical (unpaired) electrons. The van der Waals surface area contributed by atoms with Gasteiger partial charge in [-0.25, -0.2) is 0 Å². The largest absolute Gasteiger partial charge is 0.393 e. The van der Waals surface area contributed by atoms with Crippen LogP contribution in [0.25, 0.3) is 0 Å². The number of hydrogen-bond acceptors (Lipinski definition) is 3. The summed E-state index contributed by atoms with van der Waals surface area (Å²) in [4.78, 5) is 0. The molecule has 14 heavy (non-hydrogen) atoms. The lowest BCUT2D eigenvalue weighted by molar-refractivity contribution is -0.0524. The van der Waals surface area contributed by atoms with E-state index in [0.717, 1.165) is 32.1 Å². The Labute approximate surface area is 86.1 Å². The maximum Gasteiger partial charge on any atom is 0.0832 e. The Kier molecular flexibility index (Phi) is 4.85. The van der Waals surface area contributed by atoms with Gasteiger partial charge in [0.1, 0.15) is 0 Å². The maximum atomic E-state index is 9.59. The summed E-state index contributed by atoms with van der Waals surface area (Å²) >= 11 is 0. The summed E-state index contributed by atoms with van der Waals surface area (Å²) in [6.07, 6.45) is 4.25. The van der Waals surface area contributed by atoms with Crippen molar-refractivity contribution in [3.05, 3.63) is 0 Å². The molecule has 1 aliphatic carbocycles. The second kappa shape index (κ2) is 5.69. The van der Waals surface area contributed by atoms with Gasteiger partial charge in [0.15, 0.2) is 0 Å². The zero-order valence-electron chi connectivity index (χ0n) is 9.15. The highest BCUT2D eigenvalue weighted by Crippen LogP contribution is 2.29. The Morgan fingerprint density at radius 3 is 2.71 bits per heavy atom. The zero-order valence-corrected chi connectivity index (χ0v) is 9.15. The first kappa shape index (κ1) is 12.0. The molecule has 0 aliphatic heterocycles. The zero-order chi connectivity index (χ0) is 10.6. The molecular weight excluding hydrogens is 180 g/mol. The van der Waals surface area contributed by atoms with Crippen molar-refractivity contribution in [1.82, 2.24) is 0 Å². The van der Waals surface area contributed by atoms with Crippen molar-refractivity contribution in [2.24, 2.45) is 5.92 Å². The average Bonchev–Trinajstić information content (AvgIpc) is 2.16. The van der Waals surface area contributed by atoms with E-state index in [9.17, 15) is 10.2 Å². The lowest BCUT2D eigenvalue weighted by Gasteiger charge is -2.32. The van der Waals surface area contributed by atoms with Gasteiger partial charge in [0.2, 0.25) is 0 Å². The number of ether oxygens (including phenoxy) is 1. The molecule has 0 saturated heterocycles. The summed E-state index contributed by atoms with van der Waals surface area (Å²) < 4.78 is 5.23. The third-order valence-corrected chi connectivity index (χ3v) is 3.16. The van der Waals surface area contributed by atoms with Crippen LogP contribution >= 0.6 is 0 Å². The van der Waals surface area contributed by atoms with Crippen LogP contribution in [-0.4, -0.2) is 35.6 Å². The van der Waals surface area contributed by atoms with Crippen LogP contribution in [0.4, 0.5) is 0 Å². The molecule has 0 aromatic heterocycles. The van der Waals surface area contributed by atoms with E-state index in [0.29, 0.717) is 5.92 Å². The van der Waals surface area contributed by atoms with Crippen molar-refractivity contribution in [2.75, 3.05) is 7.11 Å². The van der Waals surface area contributed by atoms with E-state index in [1.807, 2.05) is 6.92 Å². The smallest absolute Gasteiger partial charge is 0.0832 e. The number of methoxy groups -OCH3 is 1. The number of aliphatic hydroxyl groups is 2. The first-order chi connectivity index (χ1) is 6.63. The Bertz CT molecular complexity index is 159. The van der Waals surface area contributed by atoms with Gasteiger partial charge < -0.3 is 14.9 Å². The van der Waals surface area contributed by atoms with Gasteiger partial charge in [0.25, 0.3) is 0 Å². The molecule has 0 spiro atoms. The number of rotatable bonds is 4. The van der Waals surface area contributed by atoms with Crippen molar-refractivity contribution < 1.29 is 14.9 Å². The van der Waals surface area contributed by atoms with Crippen molar-refractivity contribution in [3.63, 3.8) is 0 Å². The minimum Gasteiger partial charge on any atom is -0.393 e. The van der Waals surface area contributed by atoms with Crippen LogP contribution in [0.1, 0.15) is 39.0 Å². The van der Waals surface area contributed by atoms with Gasteiger partial charge in [-0.1, -0.05) is 0 Å². The molecule has 1 rings (SSSR count). The quantitative estimate of drug-likeness (QED) is 0.723. The Morgan fingerprint density at radius 2 is 2.14 bits per heavy atom. The van der Waals surface area contributed by atoms with Crippen LogP contribution in [0.15, 0.2) is 0 Å². The molecule has 4 atom stereocenters. The molecule has 2 N–H and O–H groups in total. The van der Waals surface area contributed by atoms with E-state index in [2.05, 4.69) is 0 Å². The van der Waals surface area contributed by atoms with Gasteiger partial charge in [-0.15, -0.1) is 0 Å². The number of aliphatic hydroxyl groups excluding tert-OH is 2.